The zero-order valence-corrected chi connectivity index (χ0v) is 16.4. The van der Waals surface area contributed by atoms with Crippen LogP contribution in [0.2, 0.25) is 0 Å². The number of nitrogens with zero attached hydrogens (tertiary/aromatic N) is 2. The summed E-state index contributed by atoms with van der Waals surface area (Å²) in [6, 6.07) is 22.2. The number of ketones is 1. The van der Waals surface area contributed by atoms with E-state index < -0.39 is 0 Å². The minimum Gasteiger partial charge on any atom is -0.382 e. The van der Waals surface area contributed by atoms with Crippen LogP contribution < -0.4 is 11.1 Å². The zero-order valence-electron chi connectivity index (χ0n) is 16.4. The molecule has 0 radical (unpaired) electrons. The van der Waals surface area contributed by atoms with E-state index in [1.54, 1.807) is 48.0 Å². The molecule has 0 saturated heterocycles. The van der Waals surface area contributed by atoms with Crippen LogP contribution in [-0.4, -0.2) is 28.1 Å². The smallest absolute Gasteiger partial charge is 0.244 e. The zero-order chi connectivity index (χ0) is 21.1. The van der Waals surface area contributed by atoms with Gasteiger partial charge in [-0.1, -0.05) is 60.7 Å². The highest BCUT2D eigenvalue weighted by atomic mass is 16.1. The van der Waals surface area contributed by atoms with Gasteiger partial charge in [-0.25, -0.2) is 4.98 Å². The fraction of sp³-hybridized carbons (Fsp3) is 0.0417. The van der Waals surface area contributed by atoms with E-state index in [0.717, 1.165) is 16.7 Å². The molecule has 30 heavy (non-hydrogen) atoms. The summed E-state index contributed by atoms with van der Waals surface area (Å²) in [7, 11) is 1.58. The summed E-state index contributed by atoms with van der Waals surface area (Å²) in [5.74, 6) is -0.272. The number of nitrogens with two attached hydrogens (primary N) is 1. The van der Waals surface area contributed by atoms with Gasteiger partial charge in [-0.2, -0.15) is 0 Å². The Morgan fingerprint density at radius 1 is 0.900 bits per heavy atom. The van der Waals surface area contributed by atoms with Crippen molar-refractivity contribution in [2.45, 2.75) is 0 Å². The third kappa shape index (κ3) is 3.58. The molecule has 0 fully saturated rings. The fourth-order valence-corrected chi connectivity index (χ4v) is 3.33. The number of carbonyl (C=O) groups excluding carboxylic acids is 2. The Kier molecular flexibility index (Phi) is 5.13. The first kappa shape index (κ1) is 19.1. The SMILES string of the molecule is CNC(=O)/C=C(\c1ccccc1)c1ccc2nc(N)c(C(=O)c3ccccc3)n2c1. The number of anilines is 1. The van der Waals surface area contributed by atoms with Crippen LogP contribution in [-0.2, 0) is 4.79 Å². The van der Waals surface area contributed by atoms with E-state index >= 15 is 0 Å². The molecule has 6 heteroatoms. The predicted octanol–water partition coefficient (Wildman–Crippen LogP) is 3.33. The lowest BCUT2D eigenvalue weighted by atomic mass is 9.98. The van der Waals surface area contributed by atoms with Gasteiger partial charge >= 0.3 is 0 Å². The van der Waals surface area contributed by atoms with E-state index in [9.17, 15) is 9.59 Å². The van der Waals surface area contributed by atoms with Gasteiger partial charge in [-0.15, -0.1) is 0 Å². The molecule has 2 aromatic heterocycles. The number of fused-ring (bicyclic) bond motifs is 1. The number of benzene rings is 2. The molecule has 0 spiro atoms. The number of amides is 1. The van der Waals surface area contributed by atoms with Crippen molar-refractivity contribution >= 4 is 28.7 Å². The van der Waals surface area contributed by atoms with Gasteiger partial charge < -0.3 is 11.1 Å². The molecular weight excluding hydrogens is 376 g/mol. The number of likely N-dealkylation sites (N-methyl/N-ethyl adjacent to an activating group) is 1. The lowest BCUT2D eigenvalue weighted by Crippen LogP contribution is -2.15. The lowest BCUT2D eigenvalue weighted by molar-refractivity contribution is -0.116. The van der Waals surface area contributed by atoms with Gasteiger partial charge in [0.05, 0.1) is 0 Å². The second-order valence-electron chi connectivity index (χ2n) is 6.73. The van der Waals surface area contributed by atoms with E-state index in [1.165, 1.54) is 6.08 Å². The third-order valence-corrected chi connectivity index (χ3v) is 4.81. The number of hydrogen-bond donors (Lipinski definition) is 2. The van der Waals surface area contributed by atoms with Gasteiger partial charge in [0.2, 0.25) is 11.7 Å². The minimum absolute atomic E-state index is 0.164. The predicted molar refractivity (Wildman–Crippen MR) is 117 cm³/mol. The maximum absolute atomic E-state index is 13.1. The van der Waals surface area contributed by atoms with E-state index in [4.69, 9.17) is 5.73 Å². The van der Waals surface area contributed by atoms with Crippen molar-refractivity contribution in [2.24, 2.45) is 0 Å². The quantitative estimate of drug-likeness (QED) is 0.400. The molecule has 0 saturated carbocycles. The van der Waals surface area contributed by atoms with Crippen LogP contribution in [0.1, 0.15) is 27.2 Å². The van der Waals surface area contributed by atoms with Gasteiger partial charge in [0.15, 0.2) is 5.82 Å². The molecule has 6 nitrogen and oxygen atoms in total. The van der Waals surface area contributed by atoms with Crippen LogP contribution in [0.15, 0.2) is 85.1 Å². The summed E-state index contributed by atoms with van der Waals surface area (Å²) < 4.78 is 1.68. The first-order valence-electron chi connectivity index (χ1n) is 9.45. The van der Waals surface area contributed by atoms with Crippen molar-refractivity contribution in [3.05, 3.63) is 107 Å². The van der Waals surface area contributed by atoms with Crippen molar-refractivity contribution in [3.8, 4) is 0 Å². The van der Waals surface area contributed by atoms with Gasteiger partial charge in [0, 0.05) is 24.9 Å². The molecule has 0 bridgehead atoms. The monoisotopic (exact) mass is 396 g/mol. The summed E-state index contributed by atoms with van der Waals surface area (Å²) in [6.07, 6.45) is 3.33. The van der Waals surface area contributed by atoms with Crippen LogP contribution in [0.3, 0.4) is 0 Å². The van der Waals surface area contributed by atoms with Gasteiger partial charge in [0.25, 0.3) is 0 Å². The summed E-state index contributed by atoms with van der Waals surface area (Å²) >= 11 is 0. The summed E-state index contributed by atoms with van der Waals surface area (Å²) in [6.45, 7) is 0. The fourth-order valence-electron chi connectivity index (χ4n) is 3.33. The third-order valence-electron chi connectivity index (χ3n) is 4.81. The van der Waals surface area contributed by atoms with E-state index in [2.05, 4.69) is 10.3 Å². The van der Waals surface area contributed by atoms with Crippen LogP contribution in [0, 0.1) is 0 Å². The molecule has 0 unspecified atom stereocenters. The molecule has 0 aliphatic carbocycles. The normalized spacial score (nSPS) is 11.4. The van der Waals surface area contributed by atoms with Crippen LogP contribution in [0.5, 0.6) is 0 Å². The first-order chi connectivity index (χ1) is 14.6. The molecule has 1 amide bonds. The van der Waals surface area contributed by atoms with Crippen molar-refractivity contribution < 1.29 is 9.59 Å². The molecule has 4 rings (SSSR count). The number of nitrogen functional groups attached to an aromatic ring is 1. The van der Waals surface area contributed by atoms with E-state index in [1.807, 2.05) is 42.5 Å². The number of hydrogen-bond acceptors (Lipinski definition) is 4. The second kappa shape index (κ2) is 8.05. The Hall–Kier alpha value is -4.19. The van der Waals surface area contributed by atoms with Crippen molar-refractivity contribution in [1.29, 1.82) is 0 Å². The van der Waals surface area contributed by atoms with Crippen LogP contribution in [0.25, 0.3) is 11.2 Å². The molecule has 0 atom stereocenters. The molecule has 0 aliphatic heterocycles. The Morgan fingerprint density at radius 3 is 2.17 bits per heavy atom. The Morgan fingerprint density at radius 2 is 1.53 bits per heavy atom. The molecular formula is C24H20N4O2. The van der Waals surface area contributed by atoms with E-state index in [-0.39, 0.29) is 17.5 Å². The maximum Gasteiger partial charge on any atom is 0.244 e. The maximum atomic E-state index is 13.1. The number of nitrogens with one attached hydrogen (secondary N) is 1. The topological polar surface area (TPSA) is 89.5 Å². The highest BCUT2D eigenvalue weighted by molar-refractivity contribution is 6.11. The number of carbonyl (C=O) groups is 2. The van der Waals surface area contributed by atoms with Crippen LogP contribution >= 0.6 is 0 Å². The number of rotatable bonds is 5. The average Bonchev–Trinajstić information content (AvgIpc) is 3.12. The van der Waals surface area contributed by atoms with Crippen molar-refractivity contribution in [2.75, 3.05) is 12.8 Å². The molecule has 3 N–H and O–H groups in total. The van der Waals surface area contributed by atoms with Gasteiger partial charge in [-0.05, 0) is 28.8 Å². The number of imidazole rings is 1. The number of pyridine rings is 1. The standard InChI is InChI=1S/C24H20N4O2/c1-26-21(29)14-19(16-8-4-2-5-9-16)18-12-13-20-27-24(25)22(28(20)15-18)23(30)17-10-6-3-7-11-17/h2-15H,25H2,1H3,(H,26,29)/b19-14+. The van der Waals surface area contributed by atoms with Crippen molar-refractivity contribution in [1.82, 2.24) is 14.7 Å². The lowest BCUT2D eigenvalue weighted by Gasteiger charge is -2.10. The average molecular weight is 396 g/mol. The summed E-state index contributed by atoms with van der Waals surface area (Å²) in [5, 5.41) is 2.62. The van der Waals surface area contributed by atoms with E-state index in [0.29, 0.717) is 16.9 Å². The first-order valence-corrected chi connectivity index (χ1v) is 9.45. The second-order valence-corrected chi connectivity index (χ2v) is 6.73. The van der Waals surface area contributed by atoms with Gasteiger partial charge in [0.1, 0.15) is 11.3 Å². The van der Waals surface area contributed by atoms with Crippen LogP contribution in [0.4, 0.5) is 5.82 Å². The molecule has 0 aliphatic rings. The molecule has 2 aromatic carbocycles. The summed E-state index contributed by atoms with van der Waals surface area (Å²) in [5.41, 5.74) is 9.85. The Balaban J connectivity index is 1.89. The Labute approximate surface area is 173 Å². The summed E-state index contributed by atoms with van der Waals surface area (Å²) in [4.78, 5) is 29.5. The molecule has 2 heterocycles. The highest BCUT2D eigenvalue weighted by Crippen LogP contribution is 2.26. The number of aromatic nitrogens is 2. The minimum atomic E-state index is -0.223. The molecule has 148 valence electrons. The molecule has 4 aromatic rings. The van der Waals surface area contributed by atoms with Gasteiger partial charge in [-0.3, -0.25) is 14.0 Å². The largest absolute Gasteiger partial charge is 0.382 e. The Bertz CT molecular complexity index is 1260. The van der Waals surface area contributed by atoms with Crippen molar-refractivity contribution in [3.63, 3.8) is 0 Å². The highest BCUT2D eigenvalue weighted by Gasteiger charge is 2.20.